The van der Waals surface area contributed by atoms with Crippen molar-refractivity contribution < 1.29 is 14.6 Å². The summed E-state index contributed by atoms with van der Waals surface area (Å²) in [6.45, 7) is 0.132. The summed E-state index contributed by atoms with van der Waals surface area (Å²) in [7, 11) is 0. The molecule has 0 unspecified atom stereocenters. The van der Waals surface area contributed by atoms with E-state index >= 15 is 0 Å². The number of anilines is 1. The molecule has 0 radical (unpaired) electrons. The van der Waals surface area contributed by atoms with Gasteiger partial charge in [-0.15, -0.1) is 11.3 Å². The lowest BCUT2D eigenvalue weighted by Gasteiger charge is -2.05. The van der Waals surface area contributed by atoms with E-state index in [2.05, 4.69) is 15.3 Å². The Labute approximate surface area is 130 Å². The fraction of sp³-hybridized carbons (Fsp3) is 0.133. The Kier molecular flexibility index (Phi) is 4.27. The van der Waals surface area contributed by atoms with Gasteiger partial charge in [-0.1, -0.05) is 12.1 Å². The predicted molar refractivity (Wildman–Crippen MR) is 83.8 cm³/mol. The van der Waals surface area contributed by atoms with Crippen molar-refractivity contribution in [1.82, 2.24) is 9.97 Å². The van der Waals surface area contributed by atoms with E-state index in [1.54, 1.807) is 6.07 Å². The number of ether oxygens (including phenoxy) is 1. The minimum atomic E-state index is -0.380. The SMILES string of the molecule is O=C(COCc1nc2ccccc2s1)Nc1ncccc1O. The highest BCUT2D eigenvalue weighted by molar-refractivity contribution is 7.18. The zero-order valence-electron chi connectivity index (χ0n) is 11.5. The van der Waals surface area contributed by atoms with Crippen LogP contribution in [0.15, 0.2) is 42.6 Å². The third-order valence-corrected chi connectivity index (χ3v) is 3.85. The Morgan fingerprint density at radius 3 is 2.95 bits per heavy atom. The molecule has 0 saturated heterocycles. The number of benzene rings is 1. The van der Waals surface area contributed by atoms with Gasteiger partial charge in [0.25, 0.3) is 5.91 Å². The summed E-state index contributed by atoms with van der Waals surface area (Å²) in [5.41, 5.74) is 0.925. The van der Waals surface area contributed by atoms with Crippen LogP contribution in [0.4, 0.5) is 5.82 Å². The van der Waals surface area contributed by atoms with Crippen LogP contribution in [0.1, 0.15) is 5.01 Å². The molecule has 2 heterocycles. The second-order valence-corrected chi connectivity index (χ2v) is 5.60. The van der Waals surface area contributed by atoms with Gasteiger partial charge in [-0.05, 0) is 24.3 Å². The smallest absolute Gasteiger partial charge is 0.251 e. The number of carbonyl (C=O) groups excluding carboxylic acids is 1. The minimum Gasteiger partial charge on any atom is -0.504 e. The number of thiazole rings is 1. The highest BCUT2D eigenvalue weighted by Gasteiger charge is 2.08. The molecule has 0 saturated carbocycles. The van der Waals surface area contributed by atoms with Gasteiger partial charge in [-0.25, -0.2) is 9.97 Å². The number of amides is 1. The van der Waals surface area contributed by atoms with Gasteiger partial charge < -0.3 is 15.2 Å². The lowest BCUT2D eigenvalue weighted by Crippen LogP contribution is -2.18. The van der Waals surface area contributed by atoms with Gasteiger partial charge in [0.05, 0.1) is 16.8 Å². The van der Waals surface area contributed by atoms with Gasteiger partial charge in [-0.3, -0.25) is 4.79 Å². The number of rotatable bonds is 5. The lowest BCUT2D eigenvalue weighted by molar-refractivity contribution is -0.121. The summed E-state index contributed by atoms with van der Waals surface area (Å²) in [6.07, 6.45) is 1.48. The third kappa shape index (κ3) is 3.38. The van der Waals surface area contributed by atoms with Gasteiger partial charge in [0.2, 0.25) is 0 Å². The average molecular weight is 315 g/mol. The molecule has 112 valence electrons. The van der Waals surface area contributed by atoms with Crippen molar-refractivity contribution in [2.45, 2.75) is 6.61 Å². The maximum absolute atomic E-state index is 11.7. The molecule has 7 heteroatoms. The molecule has 0 atom stereocenters. The number of carbonyl (C=O) groups is 1. The summed E-state index contributed by atoms with van der Waals surface area (Å²) in [5.74, 6) is -0.340. The monoisotopic (exact) mass is 315 g/mol. The number of fused-ring (bicyclic) bond motifs is 1. The largest absolute Gasteiger partial charge is 0.504 e. The van der Waals surface area contributed by atoms with Gasteiger partial charge in [-0.2, -0.15) is 0 Å². The van der Waals surface area contributed by atoms with E-state index in [9.17, 15) is 9.90 Å². The van der Waals surface area contributed by atoms with Crippen LogP contribution in [0, 0.1) is 0 Å². The Bertz CT molecular complexity index is 770. The van der Waals surface area contributed by atoms with Crippen LogP contribution >= 0.6 is 11.3 Å². The lowest BCUT2D eigenvalue weighted by atomic mass is 10.3. The first kappa shape index (κ1) is 14.4. The van der Waals surface area contributed by atoms with E-state index in [4.69, 9.17) is 4.74 Å². The third-order valence-electron chi connectivity index (χ3n) is 2.84. The summed E-state index contributed by atoms with van der Waals surface area (Å²) >= 11 is 1.54. The van der Waals surface area contributed by atoms with Crippen molar-refractivity contribution in [1.29, 1.82) is 0 Å². The number of hydrogen-bond acceptors (Lipinski definition) is 6. The van der Waals surface area contributed by atoms with E-state index in [1.807, 2.05) is 24.3 Å². The molecule has 0 aliphatic heterocycles. The summed E-state index contributed by atoms with van der Waals surface area (Å²) < 4.78 is 6.44. The second-order valence-electron chi connectivity index (χ2n) is 4.49. The molecule has 3 aromatic rings. The number of aromatic nitrogens is 2. The standard InChI is InChI=1S/C15H13N3O3S/c19-11-5-3-7-16-15(11)18-13(20)8-21-9-14-17-10-4-1-2-6-12(10)22-14/h1-7,19H,8-9H2,(H,16,18,20). The summed E-state index contributed by atoms with van der Waals surface area (Å²) in [5, 5.41) is 12.8. The molecule has 0 aliphatic carbocycles. The zero-order valence-corrected chi connectivity index (χ0v) is 12.3. The van der Waals surface area contributed by atoms with Crippen molar-refractivity contribution in [3.63, 3.8) is 0 Å². The number of hydrogen-bond donors (Lipinski definition) is 2. The Morgan fingerprint density at radius 2 is 2.14 bits per heavy atom. The van der Waals surface area contributed by atoms with Crippen molar-refractivity contribution in [2.75, 3.05) is 11.9 Å². The zero-order chi connectivity index (χ0) is 15.4. The van der Waals surface area contributed by atoms with Crippen LogP contribution in [0.3, 0.4) is 0 Å². The first-order chi connectivity index (χ1) is 10.7. The molecular formula is C15H13N3O3S. The number of pyridine rings is 1. The molecule has 1 aromatic carbocycles. The molecule has 0 bridgehead atoms. The van der Waals surface area contributed by atoms with Crippen LogP contribution in [0.25, 0.3) is 10.2 Å². The summed E-state index contributed by atoms with van der Waals surface area (Å²) in [6, 6.07) is 10.8. The maximum Gasteiger partial charge on any atom is 0.251 e. The second kappa shape index (κ2) is 6.50. The molecule has 3 rings (SSSR count). The number of para-hydroxylation sites is 1. The maximum atomic E-state index is 11.7. The van der Waals surface area contributed by atoms with Crippen molar-refractivity contribution in [2.24, 2.45) is 0 Å². The van der Waals surface area contributed by atoms with Crippen molar-refractivity contribution in [3.8, 4) is 5.75 Å². The van der Waals surface area contributed by atoms with E-state index < -0.39 is 0 Å². The highest BCUT2D eigenvalue weighted by Crippen LogP contribution is 2.22. The van der Waals surface area contributed by atoms with Crippen LogP contribution in [0.5, 0.6) is 5.75 Å². The molecule has 2 aromatic heterocycles. The number of aromatic hydroxyl groups is 1. The fourth-order valence-electron chi connectivity index (χ4n) is 1.87. The molecular weight excluding hydrogens is 302 g/mol. The molecule has 2 N–H and O–H groups in total. The van der Waals surface area contributed by atoms with Crippen LogP contribution in [0.2, 0.25) is 0 Å². The van der Waals surface area contributed by atoms with Gasteiger partial charge in [0.15, 0.2) is 11.6 Å². The first-order valence-corrected chi connectivity index (χ1v) is 7.40. The minimum absolute atomic E-state index is 0.0815. The number of nitrogens with zero attached hydrogens (tertiary/aromatic N) is 2. The quantitative estimate of drug-likeness (QED) is 0.756. The van der Waals surface area contributed by atoms with Gasteiger partial charge in [0, 0.05) is 6.20 Å². The van der Waals surface area contributed by atoms with Crippen LogP contribution < -0.4 is 5.32 Å². The predicted octanol–water partition coefficient (Wildman–Crippen LogP) is 2.55. The average Bonchev–Trinajstić information content (AvgIpc) is 2.92. The van der Waals surface area contributed by atoms with Crippen molar-refractivity contribution in [3.05, 3.63) is 47.6 Å². The van der Waals surface area contributed by atoms with Gasteiger partial charge >= 0.3 is 0 Å². The van der Waals surface area contributed by atoms with Crippen LogP contribution in [-0.2, 0) is 16.1 Å². The molecule has 0 aliphatic rings. The Morgan fingerprint density at radius 1 is 1.27 bits per heavy atom. The van der Waals surface area contributed by atoms with E-state index in [-0.39, 0.29) is 30.7 Å². The molecule has 0 fully saturated rings. The normalized spacial score (nSPS) is 10.7. The molecule has 1 amide bonds. The Hall–Kier alpha value is -2.51. The van der Waals surface area contributed by atoms with Crippen LogP contribution in [-0.4, -0.2) is 27.6 Å². The molecule has 0 spiro atoms. The topological polar surface area (TPSA) is 84.3 Å². The highest BCUT2D eigenvalue weighted by atomic mass is 32.1. The van der Waals surface area contributed by atoms with Gasteiger partial charge in [0.1, 0.15) is 11.6 Å². The fourth-order valence-corrected chi connectivity index (χ4v) is 2.78. The van der Waals surface area contributed by atoms with E-state index in [0.29, 0.717) is 0 Å². The molecule has 6 nitrogen and oxygen atoms in total. The molecule has 22 heavy (non-hydrogen) atoms. The van der Waals surface area contributed by atoms with Crippen molar-refractivity contribution >= 4 is 33.3 Å². The van der Waals surface area contributed by atoms with E-state index in [0.717, 1.165) is 15.2 Å². The van der Waals surface area contributed by atoms with E-state index in [1.165, 1.54) is 23.6 Å². The number of nitrogens with one attached hydrogen (secondary N) is 1. The first-order valence-electron chi connectivity index (χ1n) is 6.58. The Balaban J connectivity index is 1.52. The summed E-state index contributed by atoms with van der Waals surface area (Å²) in [4.78, 5) is 20.0.